The number of rotatable bonds is 5. The van der Waals surface area contributed by atoms with Crippen LogP contribution in [0.4, 0.5) is 0 Å². The summed E-state index contributed by atoms with van der Waals surface area (Å²) in [6.07, 6.45) is 1.02. The fourth-order valence-electron chi connectivity index (χ4n) is 0.524. The van der Waals surface area contributed by atoms with E-state index in [-0.39, 0.29) is 12.1 Å². The van der Waals surface area contributed by atoms with Gasteiger partial charge in [0.15, 0.2) is 0 Å². The molecule has 0 aromatic heterocycles. The van der Waals surface area contributed by atoms with E-state index in [9.17, 15) is 0 Å². The summed E-state index contributed by atoms with van der Waals surface area (Å²) >= 11 is 0. The first-order valence-electron chi connectivity index (χ1n) is 3.64. The second-order valence-electron chi connectivity index (χ2n) is 2.01. The van der Waals surface area contributed by atoms with E-state index >= 15 is 0 Å². The molecule has 0 aromatic rings. The third-order valence-electron chi connectivity index (χ3n) is 0.987. The van der Waals surface area contributed by atoms with Crippen LogP contribution < -0.4 is 0 Å². The molecule has 0 heterocycles. The maximum atomic E-state index is 8.81. The molecule has 0 bridgehead atoms. The molecule has 0 radical (unpaired) electrons. The van der Waals surface area contributed by atoms with Crippen molar-refractivity contribution in [1.29, 1.82) is 0 Å². The van der Waals surface area contributed by atoms with Gasteiger partial charge in [-0.25, -0.2) is 0 Å². The molecule has 6 heteroatoms. The Hall–Kier alpha value is -0.350. The van der Waals surface area contributed by atoms with Crippen molar-refractivity contribution < 1.29 is 24.2 Å². The Bertz CT molecular complexity index is 151. The van der Waals surface area contributed by atoms with Crippen molar-refractivity contribution in [2.75, 3.05) is 13.2 Å². The predicted octanol–water partition coefficient (Wildman–Crippen LogP) is 0.330. The first-order chi connectivity index (χ1) is 5.52. The predicted molar refractivity (Wildman–Crippen MR) is 46.3 cm³/mol. The SMILES string of the molecule is CCOC=C(OCC)[PH](O)(O)O. The number of hydrogen-bond acceptors (Lipinski definition) is 5. The zero-order valence-corrected chi connectivity index (χ0v) is 8.15. The molecule has 0 aromatic carbocycles. The van der Waals surface area contributed by atoms with Crippen molar-refractivity contribution in [3.8, 4) is 0 Å². The van der Waals surface area contributed by atoms with Gasteiger partial charge in [0.25, 0.3) is 0 Å². The molecule has 0 atom stereocenters. The average molecular weight is 198 g/mol. The first kappa shape index (κ1) is 11.6. The van der Waals surface area contributed by atoms with E-state index < -0.39 is 7.94 Å². The van der Waals surface area contributed by atoms with Gasteiger partial charge in [-0.3, -0.25) is 0 Å². The number of ether oxygens (including phenoxy) is 2. The molecule has 0 aliphatic heterocycles. The van der Waals surface area contributed by atoms with E-state index in [1.807, 2.05) is 0 Å². The van der Waals surface area contributed by atoms with Gasteiger partial charge in [0, 0.05) is 0 Å². The van der Waals surface area contributed by atoms with E-state index in [4.69, 9.17) is 24.2 Å². The van der Waals surface area contributed by atoms with Gasteiger partial charge in [0.2, 0.25) is 0 Å². The summed E-state index contributed by atoms with van der Waals surface area (Å²) in [5, 5.41) is 0. The van der Waals surface area contributed by atoms with Gasteiger partial charge in [-0.05, 0) is 0 Å². The molecule has 0 saturated carbocycles. The minimum atomic E-state index is -4.33. The van der Waals surface area contributed by atoms with Gasteiger partial charge < -0.3 is 0 Å². The van der Waals surface area contributed by atoms with Gasteiger partial charge >= 0.3 is 70.9 Å². The fraction of sp³-hybridized carbons (Fsp3) is 0.667. The van der Waals surface area contributed by atoms with Crippen LogP contribution in [0.3, 0.4) is 0 Å². The van der Waals surface area contributed by atoms with Crippen molar-refractivity contribution in [3.05, 3.63) is 11.8 Å². The Kier molecular flexibility index (Phi) is 5.17. The zero-order valence-electron chi connectivity index (χ0n) is 7.15. The summed E-state index contributed by atoms with van der Waals surface area (Å²) in [4.78, 5) is 26.4. The standard InChI is InChI=1S/C6H15O5P/c1-3-10-5-6(11-4-2)12(7,8)9/h5,7-9,12H,3-4H2,1-2H3. The summed E-state index contributed by atoms with van der Waals surface area (Å²) in [7, 11) is -4.33. The molecule has 5 nitrogen and oxygen atoms in total. The van der Waals surface area contributed by atoms with E-state index in [0.717, 1.165) is 6.26 Å². The van der Waals surface area contributed by atoms with Crippen LogP contribution in [0.2, 0.25) is 0 Å². The van der Waals surface area contributed by atoms with Crippen molar-refractivity contribution in [2.45, 2.75) is 13.8 Å². The van der Waals surface area contributed by atoms with Crippen molar-refractivity contribution in [3.63, 3.8) is 0 Å². The van der Waals surface area contributed by atoms with E-state index in [2.05, 4.69) is 0 Å². The molecule has 0 unspecified atom stereocenters. The van der Waals surface area contributed by atoms with Crippen molar-refractivity contribution >= 4 is 7.94 Å². The second-order valence-corrected chi connectivity index (χ2v) is 3.77. The molecule has 0 aliphatic carbocycles. The average Bonchev–Trinajstić information content (AvgIpc) is 1.95. The van der Waals surface area contributed by atoms with Crippen LogP contribution in [0.15, 0.2) is 11.8 Å². The summed E-state index contributed by atoms with van der Waals surface area (Å²) in [5.74, 6) is 0. The van der Waals surface area contributed by atoms with Gasteiger partial charge in [0.05, 0.1) is 0 Å². The van der Waals surface area contributed by atoms with Crippen molar-refractivity contribution in [2.24, 2.45) is 0 Å². The van der Waals surface area contributed by atoms with E-state index in [1.165, 1.54) is 0 Å². The van der Waals surface area contributed by atoms with Gasteiger partial charge in [-0.15, -0.1) is 0 Å². The molecule has 0 spiro atoms. The minimum absolute atomic E-state index is 0.245. The molecule has 0 rings (SSSR count). The fourth-order valence-corrected chi connectivity index (χ4v) is 1.10. The van der Waals surface area contributed by atoms with Gasteiger partial charge in [0.1, 0.15) is 0 Å². The Morgan fingerprint density at radius 3 is 2.17 bits per heavy atom. The Morgan fingerprint density at radius 1 is 1.25 bits per heavy atom. The zero-order chi connectivity index (χ0) is 9.61. The summed E-state index contributed by atoms with van der Waals surface area (Å²) in [6, 6.07) is 0. The van der Waals surface area contributed by atoms with Crippen LogP contribution in [0.25, 0.3) is 0 Å². The molecule has 0 aliphatic rings. The molecule has 74 valence electrons. The molecule has 0 saturated heterocycles. The van der Waals surface area contributed by atoms with Crippen molar-refractivity contribution in [1.82, 2.24) is 0 Å². The molecular formula is C6H15O5P. The second kappa shape index (κ2) is 5.32. The molecule has 0 amide bonds. The van der Waals surface area contributed by atoms with Crippen LogP contribution in [0, 0.1) is 0 Å². The molecule has 12 heavy (non-hydrogen) atoms. The Labute approximate surface area is 71.8 Å². The van der Waals surface area contributed by atoms with Gasteiger partial charge in [-0.1, -0.05) is 0 Å². The quantitative estimate of drug-likeness (QED) is 0.438. The van der Waals surface area contributed by atoms with Crippen LogP contribution in [-0.4, -0.2) is 27.9 Å². The first-order valence-corrected chi connectivity index (χ1v) is 5.48. The molecular weight excluding hydrogens is 183 g/mol. The Balaban J connectivity index is 4.22. The maximum absolute atomic E-state index is 8.81. The van der Waals surface area contributed by atoms with Crippen LogP contribution in [0.5, 0.6) is 0 Å². The van der Waals surface area contributed by atoms with E-state index in [0.29, 0.717) is 6.61 Å². The normalized spacial score (nSPS) is 14.2. The Morgan fingerprint density at radius 2 is 1.83 bits per heavy atom. The molecule has 3 N–H and O–H groups in total. The summed E-state index contributed by atoms with van der Waals surface area (Å²) in [6.45, 7) is 4.02. The summed E-state index contributed by atoms with van der Waals surface area (Å²) in [5.41, 5.74) is -0.285. The monoisotopic (exact) mass is 198 g/mol. The van der Waals surface area contributed by atoms with Crippen LogP contribution in [-0.2, 0) is 9.47 Å². The topological polar surface area (TPSA) is 79.2 Å². The number of hydrogen-bond donors (Lipinski definition) is 3. The van der Waals surface area contributed by atoms with Crippen LogP contribution in [0.1, 0.15) is 13.8 Å². The van der Waals surface area contributed by atoms with Crippen LogP contribution >= 0.6 is 7.94 Å². The van der Waals surface area contributed by atoms with Gasteiger partial charge in [-0.2, -0.15) is 0 Å². The third kappa shape index (κ3) is 4.51. The molecule has 0 fully saturated rings. The third-order valence-corrected chi connectivity index (χ3v) is 1.91. The summed E-state index contributed by atoms with van der Waals surface area (Å²) < 4.78 is 9.50. The van der Waals surface area contributed by atoms with E-state index in [1.54, 1.807) is 13.8 Å².